The SMILES string of the molecule is CN=C(NCCCS(C)(=O)=O)N(C)Cc1cccc(F)c1. The summed E-state index contributed by atoms with van der Waals surface area (Å²) in [5, 5.41) is 3.09. The normalized spacial score (nSPS) is 12.3. The van der Waals surface area contributed by atoms with Crippen molar-refractivity contribution >= 4 is 15.8 Å². The number of nitrogens with zero attached hydrogens (tertiary/aromatic N) is 2. The van der Waals surface area contributed by atoms with Crippen molar-refractivity contribution in [2.24, 2.45) is 4.99 Å². The summed E-state index contributed by atoms with van der Waals surface area (Å²) >= 11 is 0. The van der Waals surface area contributed by atoms with Gasteiger partial charge in [0.25, 0.3) is 0 Å². The first-order chi connectivity index (χ1) is 9.81. The highest BCUT2D eigenvalue weighted by Gasteiger charge is 2.07. The van der Waals surface area contributed by atoms with E-state index in [2.05, 4.69) is 10.3 Å². The van der Waals surface area contributed by atoms with Crippen LogP contribution in [0, 0.1) is 5.82 Å². The molecule has 0 atom stereocenters. The van der Waals surface area contributed by atoms with Crippen molar-refractivity contribution in [1.82, 2.24) is 10.2 Å². The molecule has 0 saturated carbocycles. The zero-order valence-corrected chi connectivity index (χ0v) is 13.5. The lowest BCUT2D eigenvalue weighted by Crippen LogP contribution is -2.39. The van der Waals surface area contributed by atoms with Crippen LogP contribution in [0.15, 0.2) is 29.3 Å². The van der Waals surface area contributed by atoms with Gasteiger partial charge in [-0.1, -0.05) is 12.1 Å². The molecule has 7 heteroatoms. The van der Waals surface area contributed by atoms with E-state index in [4.69, 9.17) is 0 Å². The molecule has 0 aliphatic carbocycles. The van der Waals surface area contributed by atoms with E-state index < -0.39 is 9.84 Å². The Morgan fingerprint density at radius 2 is 2.14 bits per heavy atom. The first-order valence-electron chi connectivity index (χ1n) is 6.66. The van der Waals surface area contributed by atoms with Gasteiger partial charge in [0.2, 0.25) is 0 Å². The summed E-state index contributed by atoms with van der Waals surface area (Å²) < 4.78 is 35.2. The summed E-state index contributed by atoms with van der Waals surface area (Å²) in [4.78, 5) is 5.99. The van der Waals surface area contributed by atoms with Crippen LogP contribution in [0.1, 0.15) is 12.0 Å². The van der Waals surface area contributed by atoms with E-state index in [1.807, 2.05) is 18.0 Å². The van der Waals surface area contributed by atoms with Crippen LogP contribution in [-0.2, 0) is 16.4 Å². The van der Waals surface area contributed by atoms with Gasteiger partial charge < -0.3 is 10.2 Å². The molecular formula is C14H22FN3O2S. The number of halogens is 1. The molecule has 0 spiro atoms. The number of guanidine groups is 1. The predicted octanol–water partition coefficient (Wildman–Crippen LogP) is 1.27. The van der Waals surface area contributed by atoms with Crippen LogP contribution in [0.4, 0.5) is 4.39 Å². The summed E-state index contributed by atoms with van der Waals surface area (Å²) in [6.45, 7) is 1.04. The first-order valence-corrected chi connectivity index (χ1v) is 8.72. The van der Waals surface area contributed by atoms with Crippen molar-refractivity contribution < 1.29 is 12.8 Å². The Hall–Kier alpha value is -1.63. The number of hydrogen-bond acceptors (Lipinski definition) is 3. The Labute approximate surface area is 125 Å². The van der Waals surface area contributed by atoms with Gasteiger partial charge in [-0.2, -0.15) is 0 Å². The topological polar surface area (TPSA) is 61.8 Å². The number of hydrogen-bond donors (Lipinski definition) is 1. The van der Waals surface area contributed by atoms with E-state index in [1.165, 1.54) is 18.4 Å². The van der Waals surface area contributed by atoms with Gasteiger partial charge in [0.15, 0.2) is 5.96 Å². The summed E-state index contributed by atoms with van der Waals surface area (Å²) in [6, 6.07) is 6.40. The van der Waals surface area contributed by atoms with Crippen LogP contribution >= 0.6 is 0 Å². The molecule has 1 aromatic carbocycles. The highest BCUT2D eigenvalue weighted by atomic mass is 32.2. The lowest BCUT2D eigenvalue weighted by atomic mass is 10.2. The van der Waals surface area contributed by atoms with Crippen molar-refractivity contribution in [3.63, 3.8) is 0 Å². The fourth-order valence-electron chi connectivity index (χ4n) is 1.90. The molecule has 0 aliphatic heterocycles. The second-order valence-corrected chi connectivity index (χ2v) is 7.20. The molecule has 21 heavy (non-hydrogen) atoms. The molecule has 1 N–H and O–H groups in total. The van der Waals surface area contributed by atoms with Gasteiger partial charge in [-0.25, -0.2) is 12.8 Å². The van der Waals surface area contributed by atoms with Gasteiger partial charge in [0, 0.05) is 33.4 Å². The molecule has 5 nitrogen and oxygen atoms in total. The number of benzene rings is 1. The minimum Gasteiger partial charge on any atom is -0.356 e. The van der Waals surface area contributed by atoms with Crippen LogP contribution in [-0.4, -0.2) is 51.9 Å². The molecule has 0 fully saturated rings. The fraction of sp³-hybridized carbons (Fsp3) is 0.500. The summed E-state index contributed by atoms with van der Waals surface area (Å²) in [6.07, 6.45) is 1.74. The highest BCUT2D eigenvalue weighted by molar-refractivity contribution is 7.90. The van der Waals surface area contributed by atoms with Crippen LogP contribution in [0.5, 0.6) is 0 Å². The maximum Gasteiger partial charge on any atom is 0.193 e. The van der Waals surface area contributed by atoms with Crippen molar-refractivity contribution in [3.8, 4) is 0 Å². The largest absolute Gasteiger partial charge is 0.356 e. The van der Waals surface area contributed by atoms with Crippen molar-refractivity contribution in [3.05, 3.63) is 35.6 Å². The molecule has 0 amide bonds. The van der Waals surface area contributed by atoms with Gasteiger partial charge >= 0.3 is 0 Å². The van der Waals surface area contributed by atoms with Crippen LogP contribution < -0.4 is 5.32 Å². The van der Waals surface area contributed by atoms with Crippen molar-refractivity contribution in [2.45, 2.75) is 13.0 Å². The number of nitrogens with one attached hydrogen (secondary N) is 1. The second kappa shape index (κ2) is 7.97. The van der Waals surface area contributed by atoms with Crippen LogP contribution in [0.3, 0.4) is 0 Å². The van der Waals surface area contributed by atoms with Gasteiger partial charge in [0.1, 0.15) is 15.7 Å². The maximum absolute atomic E-state index is 13.1. The number of rotatable bonds is 6. The molecule has 0 aliphatic rings. The number of sulfone groups is 1. The lowest BCUT2D eigenvalue weighted by molar-refractivity contribution is 0.474. The Kier molecular flexibility index (Phi) is 6.61. The molecule has 0 saturated heterocycles. The molecule has 1 aromatic rings. The Morgan fingerprint density at radius 1 is 1.43 bits per heavy atom. The lowest BCUT2D eigenvalue weighted by Gasteiger charge is -2.22. The van der Waals surface area contributed by atoms with E-state index in [0.29, 0.717) is 25.5 Å². The summed E-state index contributed by atoms with van der Waals surface area (Å²) in [5.41, 5.74) is 0.844. The third-order valence-electron chi connectivity index (χ3n) is 2.86. The molecule has 0 bridgehead atoms. The van der Waals surface area contributed by atoms with Gasteiger partial charge in [-0.3, -0.25) is 4.99 Å². The number of aliphatic imine (C=N–C) groups is 1. The van der Waals surface area contributed by atoms with Gasteiger partial charge in [0.05, 0.1) is 5.75 Å². The van der Waals surface area contributed by atoms with E-state index in [0.717, 1.165) is 5.56 Å². The van der Waals surface area contributed by atoms with Gasteiger partial charge in [-0.15, -0.1) is 0 Å². The standard InChI is InChI=1S/C14H22FN3O2S/c1-16-14(17-8-5-9-21(3,19)20)18(2)11-12-6-4-7-13(15)10-12/h4,6-7,10H,5,8-9,11H2,1-3H3,(H,16,17). The van der Waals surface area contributed by atoms with Crippen LogP contribution in [0.2, 0.25) is 0 Å². The average Bonchev–Trinajstić information content (AvgIpc) is 2.37. The molecule has 0 heterocycles. The fourth-order valence-corrected chi connectivity index (χ4v) is 2.57. The van der Waals surface area contributed by atoms with Crippen molar-refractivity contribution in [1.29, 1.82) is 0 Å². The quantitative estimate of drug-likeness (QED) is 0.488. The zero-order valence-electron chi connectivity index (χ0n) is 12.6. The minimum atomic E-state index is -2.94. The third-order valence-corrected chi connectivity index (χ3v) is 3.89. The molecule has 0 aromatic heterocycles. The molecule has 0 unspecified atom stereocenters. The Bertz CT molecular complexity index is 588. The van der Waals surface area contributed by atoms with E-state index in [9.17, 15) is 12.8 Å². The summed E-state index contributed by atoms with van der Waals surface area (Å²) in [5.74, 6) is 0.523. The van der Waals surface area contributed by atoms with Crippen LogP contribution in [0.25, 0.3) is 0 Å². The van der Waals surface area contributed by atoms with E-state index in [-0.39, 0.29) is 11.6 Å². The maximum atomic E-state index is 13.1. The monoisotopic (exact) mass is 315 g/mol. The summed E-state index contributed by atoms with van der Waals surface area (Å²) in [7, 11) is 0.560. The van der Waals surface area contributed by atoms with Crippen molar-refractivity contribution in [2.75, 3.05) is 32.6 Å². The smallest absolute Gasteiger partial charge is 0.193 e. The molecule has 0 radical (unpaired) electrons. The third kappa shape index (κ3) is 7.08. The average molecular weight is 315 g/mol. The molecular weight excluding hydrogens is 293 g/mol. The van der Waals surface area contributed by atoms with E-state index in [1.54, 1.807) is 13.1 Å². The van der Waals surface area contributed by atoms with Gasteiger partial charge in [-0.05, 0) is 24.1 Å². The Balaban J connectivity index is 2.48. The highest BCUT2D eigenvalue weighted by Crippen LogP contribution is 2.06. The zero-order chi connectivity index (χ0) is 15.9. The molecule has 118 valence electrons. The second-order valence-electron chi connectivity index (χ2n) is 4.94. The van der Waals surface area contributed by atoms with E-state index >= 15 is 0 Å². The predicted molar refractivity (Wildman–Crippen MR) is 83.6 cm³/mol. The minimum absolute atomic E-state index is 0.143. The Morgan fingerprint density at radius 3 is 2.71 bits per heavy atom. The first kappa shape index (κ1) is 17.4. The molecule has 1 rings (SSSR count).